The van der Waals surface area contributed by atoms with Gasteiger partial charge in [0.1, 0.15) is 0 Å². The molecule has 10 heavy (non-hydrogen) atoms. The van der Waals surface area contributed by atoms with Crippen LogP contribution >= 0.6 is 0 Å². The maximum absolute atomic E-state index is 10.7. The van der Waals surface area contributed by atoms with Gasteiger partial charge in [-0.25, -0.2) is 0 Å². The second kappa shape index (κ2) is 6.26. The molecule has 0 heterocycles. The number of hydrogen-bond donors (Lipinski definition) is 1. The number of hydrogen-bond acceptors (Lipinski definition) is 2. The lowest BCUT2D eigenvalue weighted by Gasteiger charge is -1.95. The highest BCUT2D eigenvalue weighted by molar-refractivity contribution is 5.89. The van der Waals surface area contributed by atoms with Crippen LogP contribution in [-0.4, -0.2) is 25.2 Å². The van der Waals surface area contributed by atoms with Crippen LogP contribution in [0, 0.1) is 0 Å². The van der Waals surface area contributed by atoms with Crippen molar-refractivity contribution in [3.05, 3.63) is 0 Å². The number of carbonyl (C=O) groups is 1. The smallest absolute Gasteiger partial charge is 0.225 e. The van der Waals surface area contributed by atoms with Gasteiger partial charge in [-0.3, -0.25) is 9.79 Å². The van der Waals surface area contributed by atoms with Crippen LogP contribution < -0.4 is 5.32 Å². The minimum Gasteiger partial charge on any atom is -0.356 e. The molecule has 0 rings (SSSR count). The molecule has 0 saturated carbocycles. The summed E-state index contributed by atoms with van der Waals surface area (Å²) in [5.74, 6) is 0.0414. The molecule has 0 bridgehead atoms. The van der Waals surface area contributed by atoms with E-state index in [9.17, 15) is 4.79 Å². The summed E-state index contributed by atoms with van der Waals surface area (Å²) in [6, 6.07) is 0. The van der Waals surface area contributed by atoms with E-state index in [0.717, 1.165) is 6.54 Å². The van der Waals surface area contributed by atoms with Crippen molar-refractivity contribution in [1.82, 2.24) is 5.32 Å². The van der Waals surface area contributed by atoms with Gasteiger partial charge in [0.2, 0.25) is 5.91 Å². The molecule has 0 aliphatic carbocycles. The zero-order valence-electron chi connectivity index (χ0n) is 6.55. The van der Waals surface area contributed by atoms with Crippen LogP contribution in [0.5, 0.6) is 0 Å². The van der Waals surface area contributed by atoms with Gasteiger partial charge >= 0.3 is 0 Å². The number of carbonyl (C=O) groups excluding carboxylic acids is 1. The number of amides is 1. The molecule has 3 heteroatoms. The molecule has 1 N–H and O–H groups in total. The summed E-state index contributed by atoms with van der Waals surface area (Å²) in [5.41, 5.74) is 0. The lowest BCUT2D eigenvalue weighted by Crippen LogP contribution is -2.22. The van der Waals surface area contributed by atoms with Gasteiger partial charge in [-0.1, -0.05) is 0 Å². The van der Waals surface area contributed by atoms with Crippen LogP contribution in [0.1, 0.15) is 20.3 Å². The highest BCUT2D eigenvalue weighted by Gasteiger charge is 1.92. The molecule has 1 amide bonds. The van der Waals surface area contributed by atoms with E-state index in [-0.39, 0.29) is 5.91 Å². The van der Waals surface area contributed by atoms with Gasteiger partial charge in [0.15, 0.2) is 0 Å². The quantitative estimate of drug-likeness (QED) is 0.574. The molecule has 0 aromatic carbocycles. The maximum atomic E-state index is 10.7. The Balaban J connectivity index is 3.30. The van der Waals surface area contributed by atoms with E-state index in [2.05, 4.69) is 10.3 Å². The lowest BCUT2D eigenvalue weighted by atomic mass is 10.4. The first kappa shape index (κ1) is 9.14. The van der Waals surface area contributed by atoms with Crippen molar-refractivity contribution < 1.29 is 4.79 Å². The molecule has 0 saturated heterocycles. The van der Waals surface area contributed by atoms with Gasteiger partial charge in [0.05, 0.1) is 6.42 Å². The Labute approximate surface area is 61.5 Å². The first-order valence-electron chi connectivity index (χ1n) is 3.56. The molecule has 0 fully saturated rings. The van der Waals surface area contributed by atoms with E-state index in [1.165, 1.54) is 0 Å². The number of aliphatic imine (C=N–C) groups is 1. The highest BCUT2D eigenvalue weighted by Crippen LogP contribution is 1.74. The molecular weight excluding hydrogens is 128 g/mol. The maximum Gasteiger partial charge on any atom is 0.225 e. The van der Waals surface area contributed by atoms with E-state index in [4.69, 9.17) is 0 Å². The van der Waals surface area contributed by atoms with E-state index in [1.54, 1.807) is 6.21 Å². The molecule has 0 aliphatic rings. The SMILES string of the molecule is CCN=CCC(=O)NCC. The van der Waals surface area contributed by atoms with E-state index < -0.39 is 0 Å². The molecule has 0 unspecified atom stereocenters. The Kier molecular flexibility index (Phi) is 5.72. The molecule has 0 aromatic heterocycles. The van der Waals surface area contributed by atoms with Crippen LogP contribution in [0.25, 0.3) is 0 Å². The molecular formula is C7H14N2O. The Bertz CT molecular complexity index is 121. The van der Waals surface area contributed by atoms with Crippen molar-refractivity contribution in [3.63, 3.8) is 0 Å². The Morgan fingerprint density at radius 3 is 2.80 bits per heavy atom. The average molecular weight is 142 g/mol. The topological polar surface area (TPSA) is 41.5 Å². The van der Waals surface area contributed by atoms with Crippen molar-refractivity contribution >= 4 is 12.1 Å². The van der Waals surface area contributed by atoms with Crippen LogP contribution in [0.15, 0.2) is 4.99 Å². The minimum absolute atomic E-state index is 0.0414. The number of rotatable bonds is 4. The summed E-state index contributed by atoms with van der Waals surface area (Å²) in [5, 5.41) is 2.67. The van der Waals surface area contributed by atoms with E-state index in [1.807, 2.05) is 13.8 Å². The van der Waals surface area contributed by atoms with Crippen molar-refractivity contribution in [1.29, 1.82) is 0 Å². The van der Waals surface area contributed by atoms with Gasteiger partial charge in [-0.15, -0.1) is 0 Å². The van der Waals surface area contributed by atoms with Crippen molar-refractivity contribution in [2.45, 2.75) is 20.3 Å². The molecule has 0 aromatic rings. The predicted octanol–water partition coefficient (Wildman–Crippen LogP) is 0.603. The average Bonchev–Trinajstić information content (AvgIpc) is 1.89. The second-order valence-electron chi connectivity index (χ2n) is 1.84. The Morgan fingerprint density at radius 1 is 1.60 bits per heavy atom. The zero-order chi connectivity index (χ0) is 7.82. The van der Waals surface area contributed by atoms with Gasteiger partial charge in [-0.2, -0.15) is 0 Å². The normalized spacial score (nSPS) is 10.2. The van der Waals surface area contributed by atoms with Gasteiger partial charge in [0, 0.05) is 19.3 Å². The Hall–Kier alpha value is -0.860. The zero-order valence-corrected chi connectivity index (χ0v) is 6.55. The van der Waals surface area contributed by atoms with Crippen molar-refractivity contribution in [2.24, 2.45) is 4.99 Å². The van der Waals surface area contributed by atoms with E-state index in [0.29, 0.717) is 13.0 Å². The first-order chi connectivity index (χ1) is 4.81. The third kappa shape index (κ3) is 5.28. The number of nitrogens with zero attached hydrogens (tertiary/aromatic N) is 1. The summed E-state index contributed by atoms with van der Waals surface area (Å²) in [4.78, 5) is 14.6. The van der Waals surface area contributed by atoms with Gasteiger partial charge in [-0.05, 0) is 13.8 Å². The number of nitrogens with one attached hydrogen (secondary N) is 1. The molecule has 58 valence electrons. The first-order valence-corrected chi connectivity index (χ1v) is 3.56. The molecule has 0 radical (unpaired) electrons. The van der Waals surface area contributed by atoms with Crippen LogP contribution in [-0.2, 0) is 4.79 Å². The molecule has 0 aliphatic heterocycles. The summed E-state index contributed by atoms with van der Waals surface area (Å²) in [7, 11) is 0. The Morgan fingerprint density at radius 2 is 2.30 bits per heavy atom. The standard InChI is InChI=1S/C7H14N2O/c1-3-8-6-5-7(10)9-4-2/h6H,3-5H2,1-2H3,(H,9,10). The van der Waals surface area contributed by atoms with Gasteiger partial charge in [0.25, 0.3) is 0 Å². The summed E-state index contributed by atoms with van der Waals surface area (Å²) in [6.07, 6.45) is 2.05. The third-order valence-corrected chi connectivity index (χ3v) is 0.962. The van der Waals surface area contributed by atoms with Crippen molar-refractivity contribution in [2.75, 3.05) is 13.1 Å². The molecule has 0 spiro atoms. The largest absolute Gasteiger partial charge is 0.356 e. The molecule has 3 nitrogen and oxygen atoms in total. The minimum atomic E-state index is 0.0414. The fourth-order valence-electron chi connectivity index (χ4n) is 0.546. The summed E-state index contributed by atoms with van der Waals surface area (Å²) < 4.78 is 0. The summed E-state index contributed by atoms with van der Waals surface area (Å²) in [6.45, 7) is 5.28. The van der Waals surface area contributed by atoms with E-state index >= 15 is 0 Å². The molecule has 0 atom stereocenters. The van der Waals surface area contributed by atoms with Crippen LogP contribution in [0.3, 0.4) is 0 Å². The highest BCUT2D eigenvalue weighted by atomic mass is 16.1. The fraction of sp³-hybridized carbons (Fsp3) is 0.714. The summed E-state index contributed by atoms with van der Waals surface area (Å²) >= 11 is 0. The monoisotopic (exact) mass is 142 g/mol. The fourth-order valence-corrected chi connectivity index (χ4v) is 0.546. The second-order valence-corrected chi connectivity index (χ2v) is 1.84. The van der Waals surface area contributed by atoms with Gasteiger partial charge < -0.3 is 5.32 Å². The predicted molar refractivity (Wildman–Crippen MR) is 42.3 cm³/mol. The third-order valence-electron chi connectivity index (χ3n) is 0.962. The van der Waals surface area contributed by atoms with Crippen LogP contribution in [0.4, 0.5) is 0 Å². The van der Waals surface area contributed by atoms with Crippen LogP contribution in [0.2, 0.25) is 0 Å². The lowest BCUT2D eigenvalue weighted by molar-refractivity contribution is -0.119. The van der Waals surface area contributed by atoms with Crippen molar-refractivity contribution in [3.8, 4) is 0 Å².